The molecule has 0 saturated heterocycles. The number of anilines is 1. The first-order valence-corrected chi connectivity index (χ1v) is 6.73. The molecule has 1 aromatic carbocycles. The Balaban J connectivity index is 1.81. The van der Waals surface area contributed by atoms with Crippen LogP contribution in [0.15, 0.2) is 47.1 Å². The van der Waals surface area contributed by atoms with Gasteiger partial charge < -0.3 is 15.3 Å². The van der Waals surface area contributed by atoms with E-state index in [9.17, 15) is 9.90 Å². The summed E-state index contributed by atoms with van der Waals surface area (Å²) >= 11 is 0. The van der Waals surface area contributed by atoms with E-state index < -0.39 is 5.78 Å². The maximum absolute atomic E-state index is 12.3. The van der Waals surface area contributed by atoms with Crippen LogP contribution < -0.4 is 5.73 Å². The number of hydrogen-bond acceptors (Lipinski definition) is 7. The summed E-state index contributed by atoms with van der Waals surface area (Å²) in [4.78, 5) is 12.3. The Bertz CT molecular complexity index is 834. The molecule has 23 heavy (non-hydrogen) atoms. The average molecular weight is 311 g/mol. The second kappa shape index (κ2) is 6.14. The number of rotatable bonds is 5. The quantitative estimate of drug-likeness (QED) is 0.283. The van der Waals surface area contributed by atoms with Crippen LogP contribution in [0.4, 0.5) is 5.69 Å². The number of nitrogens with two attached hydrogens (primary N) is 1. The number of ketones is 1. The van der Waals surface area contributed by atoms with Crippen LogP contribution in [-0.4, -0.2) is 31.5 Å². The molecule has 2 heterocycles. The lowest BCUT2D eigenvalue weighted by Crippen LogP contribution is -2.01. The Hall–Kier alpha value is -3.42. The average Bonchev–Trinajstić information content (AvgIpc) is 3.20. The lowest BCUT2D eigenvalue weighted by Gasteiger charge is -2.02. The van der Waals surface area contributed by atoms with Gasteiger partial charge in [-0.3, -0.25) is 4.79 Å². The number of aliphatic hydroxyl groups excluding tert-OH is 1. The van der Waals surface area contributed by atoms with Crippen molar-refractivity contribution in [3.8, 4) is 0 Å². The third kappa shape index (κ3) is 3.26. The number of benzene rings is 1. The van der Waals surface area contributed by atoms with Crippen LogP contribution in [0, 0.1) is 0 Å². The van der Waals surface area contributed by atoms with Crippen molar-refractivity contribution >= 4 is 17.2 Å². The summed E-state index contributed by atoms with van der Waals surface area (Å²) < 4.78 is 5.38. The summed E-state index contributed by atoms with van der Waals surface area (Å²) in [6, 6.07) is 8.83. The molecule has 0 spiro atoms. The number of furan rings is 1. The molecule has 116 valence electrons. The molecule has 0 radical (unpaired) electrons. The number of tetrazole rings is 1. The van der Waals surface area contributed by atoms with Gasteiger partial charge in [0.2, 0.25) is 5.82 Å². The van der Waals surface area contributed by atoms with Gasteiger partial charge in [-0.25, -0.2) is 0 Å². The summed E-state index contributed by atoms with van der Waals surface area (Å²) in [5, 5.41) is 22.5. The van der Waals surface area contributed by atoms with Gasteiger partial charge in [0, 0.05) is 18.2 Å². The lowest BCUT2D eigenvalue weighted by atomic mass is 10.0. The first kappa shape index (κ1) is 14.5. The van der Waals surface area contributed by atoms with Crippen LogP contribution in [0.1, 0.15) is 27.5 Å². The number of nitrogens with zero attached hydrogens (tertiary/aromatic N) is 3. The Morgan fingerprint density at radius 2 is 2.09 bits per heavy atom. The fourth-order valence-electron chi connectivity index (χ4n) is 2.05. The van der Waals surface area contributed by atoms with Crippen LogP contribution in [0.3, 0.4) is 0 Å². The Kier molecular flexibility index (Phi) is 3.88. The molecule has 0 saturated carbocycles. The normalized spacial score (nSPS) is 11.6. The van der Waals surface area contributed by atoms with E-state index in [2.05, 4.69) is 20.6 Å². The maximum Gasteiger partial charge on any atom is 0.239 e. The molecule has 0 atom stereocenters. The first-order chi connectivity index (χ1) is 11.1. The molecular formula is C15H13N5O3. The summed E-state index contributed by atoms with van der Waals surface area (Å²) in [6.07, 6.45) is 2.90. The Labute approximate surface area is 130 Å². The second-order valence-electron chi connectivity index (χ2n) is 4.81. The van der Waals surface area contributed by atoms with Gasteiger partial charge in [0.15, 0.2) is 11.5 Å². The van der Waals surface area contributed by atoms with E-state index in [1.165, 1.54) is 6.26 Å². The zero-order valence-electron chi connectivity index (χ0n) is 11.9. The zero-order chi connectivity index (χ0) is 16.2. The molecule has 0 aliphatic rings. The molecular weight excluding hydrogens is 298 g/mol. The summed E-state index contributed by atoms with van der Waals surface area (Å²) in [7, 11) is 0. The molecule has 8 nitrogen and oxygen atoms in total. The van der Waals surface area contributed by atoms with Crippen molar-refractivity contribution in [1.29, 1.82) is 0 Å². The largest absolute Gasteiger partial charge is 0.504 e. The van der Waals surface area contributed by atoms with Gasteiger partial charge in [-0.15, -0.1) is 10.2 Å². The van der Waals surface area contributed by atoms with Crippen LogP contribution in [-0.2, 0) is 6.42 Å². The Morgan fingerprint density at radius 1 is 1.30 bits per heavy atom. The highest BCUT2D eigenvalue weighted by Gasteiger charge is 2.15. The third-order valence-electron chi connectivity index (χ3n) is 3.20. The van der Waals surface area contributed by atoms with Crippen molar-refractivity contribution < 1.29 is 14.3 Å². The number of nitrogens with one attached hydrogen (secondary N) is 1. The van der Waals surface area contributed by atoms with Crippen molar-refractivity contribution in [3.63, 3.8) is 0 Å². The van der Waals surface area contributed by atoms with Gasteiger partial charge in [0.25, 0.3) is 0 Å². The minimum Gasteiger partial charge on any atom is -0.504 e. The Morgan fingerprint density at radius 3 is 2.78 bits per heavy atom. The molecule has 0 aliphatic heterocycles. The van der Waals surface area contributed by atoms with E-state index in [1.54, 1.807) is 18.2 Å². The highest BCUT2D eigenvalue weighted by atomic mass is 16.3. The van der Waals surface area contributed by atoms with Crippen molar-refractivity contribution in [2.24, 2.45) is 0 Å². The van der Waals surface area contributed by atoms with Gasteiger partial charge in [0.1, 0.15) is 5.76 Å². The summed E-state index contributed by atoms with van der Waals surface area (Å²) in [5.74, 6) is -0.339. The number of hydrogen-bond donors (Lipinski definition) is 3. The SMILES string of the molecule is Nc1ccc(Cc2occc2C(=O)C=C(O)c2nn[nH]n2)cc1. The van der Waals surface area contributed by atoms with Crippen molar-refractivity contribution in [1.82, 2.24) is 20.6 Å². The monoisotopic (exact) mass is 311 g/mol. The van der Waals surface area contributed by atoms with Crippen LogP contribution in [0.2, 0.25) is 0 Å². The van der Waals surface area contributed by atoms with Gasteiger partial charge >= 0.3 is 0 Å². The minimum atomic E-state index is -0.411. The maximum atomic E-state index is 12.3. The molecule has 2 aromatic heterocycles. The third-order valence-corrected chi connectivity index (χ3v) is 3.20. The zero-order valence-corrected chi connectivity index (χ0v) is 11.9. The van der Waals surface area contributed by atoms with Gasteiger partial charge in [-0.2, -0.15) is 5.21 Å². The molecule has 8 heteroatoms. The molecule has 0 bridgehead atoms. The smallest absolute Gasteiger partial charge is 0.239 e. The van der Waals surface area contributed by atoms with Crippen LogP contribution in [0.25, 0.3) is 5.76 Å². The first-order valence-electron chi connectivity index (χ1n) is 6.73. The van der Waals surface area contributed by atoms with Crippen LogP contribution >= 0.6 is 0 Å². The number of H-pyrrole nitrogens is 1. The fraction of sp³-hybridized carbons (Fsp3) is 0.0667. The summed E-state index contributed by atoms with van der Waals surface area (Å²) in [5.41, 5.74) is 7.62. The molecule has 0 amide bonds. The highest BCUT2D eigenvalue weighted by molar-refractivity contribution is 6.08. The predicted octanol–water partition coefficient (Wildman–Crippen LogP) is 1.75. The molecule has 0 aliphatic carbocycles. The number of nitrogen functional groups attached to an aromatic ring is 1. The molecule has 3 aromatic rings. The van der Waals surface area contributed by atoms with Crippen molar-refractivity contribution in [2.45, 2.75) is 6.42 Å². The highest BCUT2D eigenvalue weighted by Crippen LogP contribution is 2.18. The van der Waals surface area contributed by atoms with Crippen LogP contribution in [0.5, 0.6) is 0 Å². The second-order valence-corrected chi connectivity index (χ2v) is 4.81. The number of aliphatic hydroxyl groups is 1. The van der Waals surface area contributed by atoms with E-state index in [0.29, 0.717) is 23.4 Å². The molecule has 0 unspecified atom stereocenters. The van der Waals surface area contributed by atoms with E-state index >= 15 is 0 Å². The van der Waals surface area contributed by atoms with Crippen molar-refractivity contribution in [2.75, 3.05) is 5.73 Å². The summed E-state index contributed by atoms with van der Waals surface area (Å²) in [6.45, 7) is 0. The topological polar surface area (TPSA) is 131 Å². The van der Waals surface area contributed by atoms with Crippen molar-refractivity contribution in [3.05, 3.63) is 65.4 Å². The van der Waals surface area contributed by atoms with E-state index in [4.69, 9.17) is 10.2 Å². The number of carbonyl (C=O) groups excluding carboxylic acids is 1. The minimum absolute atomic E-state index is 0.0538. The number of carbonyl (C=O) groups is 1. The molecule has 4 N–H and O–H groups in total. The number of allylic oxidation sites excluding steroid dienone is 1. The molecule has 0 fully saturated rings. The number of aromatic amines is 1. The van der Waals surface area contributed by atoms with E-state index in [0.717, 1.165) is 11.6 Å². The van der Waals surface area contributed by atoms with Gasteiger partial charge in [0.05, 0.1) is 11.8 Å². The van der Waals surface area contributed by atoms with E-state index in [1.807, 2.05) is 12.1 Å². The predicted molar refractivity (Wildman–Crippen MR) is 81.5 cm³/mol. The fourth-order valence-corrected chi connectivity index (χ4v) is 2.05. The molecule has 3 rings (SSSR count). The van der Waals surface area contributed by atoms with E-state index in [-0.39, 0.29) is 11.6 Å². The lowest BCUT2D eigenvalue weighted by molar-refractivity contribution is 0.104. The standard InChI is InChI=1S/C15H13N5O3/c16-10-3-1-9(2-4-10)7-14-11(5-6-23-14)12(21)8-13(22)15-17-19-20-18-15/h1-6,8,22H,7,16H2,(H,17,18,19,20). The van der Waals surface area contributed by atoms with Gasteiger partial charge in [-0.1, -0.05) is 12.1 Å². The number of aromatic nitrogens is 4. The van der Waals surface area contributed by atoms with Gasteiger partial charge in [-0.05, 0) is 29.0 Å².